The van der Waals surface area contributed by atoms with E-state index in [4.69, 9.17) is 9.47 Å². The molecule has 2 aromatic carbocycles. The zero-order valence-electron chi connectivity index (χ0n) is 12.4. The summed E-state index contributed by atoms with van der Waals surface area (Å²) in [6.45, 7) is 2.81. The first-order valence-electron chi connectivity index (χ1n) is 7.67. The maximum absolute atomic E-state index is 10.3. The lowest BCUT2D eigenvalue weighted by Gasteiger charge is -2.21. The van der Waals surface area contributed by atoms with Crippen molar-refractivity contribution in [3.05, 3.63) is 59.2 Å². The molecule has 2 aromatic rings. The number of rotatable bonds is 2. The Morgan fingerprint density at radius 3 is 2.95 bits per heavy atom. The Balaban J connectivity index is 1.59. The van der Waals surface area contributed by atoms with E-state index >= 15 is 0 Å². The molecule has 4 heteroatoms. The van der Waals surface area contributed by atoms with Crippen molar-refractivity contribution in [2.45, 2.75) is 25.6 Å². The van der Waals surface area contributed by atoms with E-state index in [2.05, 4.69) is 17.0 Å². The first kappa shape index (κ1) is 13.6. The number of aliphatic hydroxyl groups is 1. The molecule has 2 aliphatic rings. The van der Waals surface area contributed by atoms with E-state index in [-0.39, 0.29) is 6.10 Å². The van der Waals surface area contributed by atoms with Crippen molar-refractivity contribution >= 4 is 0 Å². The monoisotopic (exact) mass is 297 g/mol. The molecular weight excluding hydrogens is 278 g/mol. The van der Waals surface area contributed by atoms with Gasteiger partial charge in [0.25, 0.3) is 0 Å². The van der Waals surface area contributed by atoms with Crippen molar-refractivity contribution in [3.63, 3.8) is 0 Å². The number of hydrogen-bond acceptors (Lipinski definition) is 4. The summed E-state index contributed by atoms with van der Waals surface area (Å²) in [6.07, 6.45) is 0.380. The molecule has 0 amide bonds. The highest BCUT2D eigenvalue weighted by molar-refractivity contribution is 5.48. The molecule has 0 aliphatic carbocycles. The molecule has 1 atom stereocenters. The van der Waals surface area contributed by atoms with Crippen LogP contribution in [0.3, 0.4) is 0 Å². The topological polar surface area (TPSA) is 41.9 Å². The number of nitrogens with zero attached hydrogens (tertiary/aromatic N) is 1. The Morgan fingerprint density at radius 2 is 2.00 bits per heavy atom. The lowest BCUT2D eigenvalue weighted by atomic mass is 10.0. The largest absolute Gasteiger partial charge is 0.454 e. The molecule has 4 nitrogen and oxygen atoms in total. The van der Waals surface area contributed by atoms with E-state index in [0.29, 0.717) is 6.79 Å². The molecule has 22 heavy (non-hydrogen) atoms. The second-order valence-corrected chi connectivity index (χ2v) is 5.86. The maximum atomic E-state index is 10.3. The van der Waals surface area contributed by atoms with Gasteiger partial charge in [0.05, 0.1) is 6.10 Å². The Kier molecular flexibility index (Phi) is 3.48. The lowest BCUT2D eigenvalue weighted by molar-refractivity contribution is 0.148. The molecule has 114 valence electrons. The second-order valence-electron chi connectivity index (χ2n) is 5.86. The first-order valence-corrected chi connectivity index (χ1v) is 7.67. The fourth-order valence-corrected chi connectivity index (χ4v) is 3.27. The predicted molar refractivity (Wildman–Crippen MR) is 82.7 cm³/mol. The minimum atomic E-state index is -0.373. The maximum Gasteiger partial charge on any atom is 0.231 e. The van der Waals surface area contributed by atoms with Crippen molar-refractivity contribution in [1.82, 2.24) is 4.90 Å². The smallest absolute Gasteiger partial charge is 0.231 e. The summed E-state index contributed by atoms with van der Waals surface area (Å²) in [6, 6.07) is 14.2. The number of ether oxygens (including phenoxy) is 2. The number of aliphatic hydroxyl groups excluding tert-OH is 1. The highest BCUT2D eigenvalue weighted by atomic mass is 16.7. The van der Waals surface area contributed by atoms with Gasteiger partial charge < -0.3 is 14.6 Å². The molecule has 4 rings (SSSR count). The van der Waals surface area contributed by atoms with Crippen molar-refractivity contribution in [2.24, 2.45) is 0 Å². The van der Waals surface area contributed by atoms with Crippen LogP contribution in [-0.2, 0) is 13.1 Å². The summed E-state index contributed by atoms with van der Waals surface area (Å²) in [4.78, 5) is 2.35. The van der Waals surface area contributed by atoms with Gasteiger partial charge in [-0.3, -0.25) is 4.90 Å². The van der Waals surface area contributed by atoms with Gasteiger partial charge in [-0.2, -0.15) is 0 Å². The van der Waals surface area contributed by atoms with Crippen LogP contribution < -0.4 is 9.47 Å². The van der Waals surface area contributed by atoms with Crippen LogP contribution >= 0.6 is 0 Å². The van der Waals surface area contributed by atoms with Crippen molar-refractivity contribution in [1.29, 1.82) is 0 Å². The van der Waals surface area contributed by atoms with Gasteiger partial charge in [0, 0.05) is 25.2 Å². The van der Waals surface area contributed by atoms with E-state index in [0.717, 1.165) is 48.7 Å². The lowest BCUT2D eigenvalue weighted by Crippen LogP contribution is -2.23. The summed E-state index contributed by atoms with van der Waals surface area (Å²) in [5.41, 5.74) is 3.41. The molecule has 0 bridgehead atoms. The average molecular weight is 297 g/mol. The van der Waals surface area contributed by atoms with Gasteiger partial charge in [0.1, 0.15) is 0 Å². The van der Waals surface area contributed by atoms with Crippen LogP contribution in [0.15, 0.2) is 42.5 Å². The molecule has 0 fully saturated rings. The Labute approximate surface area is 129 Å². The van der Waals surface area contributed by atoms with Crippen molar-refractivity contribution in [2.75, 3.05) is 13.3 Å². The van der Waals surface area contributed by atoms with Crippen molar-refractivity contribution < 1.29 is 14.6 Å². The highest BCUT2D eigenvalue weighted by Gasteiger charge is 2.23. The minimum absolute atomic E-state index is 0.299. The molecule has 2 heterocycles. The standard InChI is InChI=1S/C18H19NO3/c20-16-8-9-19(10-13-4-1-2-6-15(13)16)11-14-5-3-7-17-18(14)22-12-21-17/h1-7,16,20H,8-12H2. The molecule has 1 N–H and O–H groups in total. The molecule has 1 unspecified atom stereocenters. The Bertz CT molecular complexity index is 686. The van der Waals surface area contributed by atoms with Gasteiger partial charge >= 0.3 is 0 Å². The molecule has 0 radical (unpaired) electrons. The highest BCUT2D eigenvalue weighted by Crippen LogP contribution is 2.36. The summed E-state index contributed by atoms with van der Waals surface area (Å²) >= 11 is 0. The van der Waals surface area contributed by atoms with Crippen LogP contribution in [0.1, 0.15) is 29.2 Å². The Morgan fingerprint density at radius 1 is 1.09 bits per heavy atom. The SMILES string of the molecule is OC1CCN(Cc2cccc3c2OCO3)Cc2ccccc21. The molecule has 0 spiro atoms. The van der Waals surface area contributed by atoms with Gasteiger partial charge in [0.15, 0.2) is 11.5 Å². The fourth-order valence-electron chi connectivity index (χ4n) is 3.27. The first-order chi connectivity index (χ1) is 10.8. The molecule has 2 aliphatic heterocycles. The fraction of sp³-hybridized carbons (Fsp3) is 0.333. The summed E-state index contributed by atoms with van der Waals surface area (Å²) in [5, 5.41) is 10.3. The zero-order valence-corrected chi connectivity index (χ0v) is 12.4. The van der Waals surface area contributed by atoms with E-state index in [1.807, 2.05) is 30.3 Å². The summed E-state index contributed by atoms with van der Waals surface area (Å²) in [5.74, 6) is 1.69. The third-order valence-electron chi connectivity index (χ3n) is 4.40. The van der Waals surface area contributed by atoms with Crippen molar-refractivity contribution in [3.8, 4) is 11.5 Å². The second kappa shape index (κ2) is 5.63. The van der Waals surface area contributed by atoms with Gasteiger partial charge in [-0.25, -0.2) is 0 Å². The van der Waals surface area contributed by atoms with Crippen LogP contribution in [0, 0.1) is 0 Å². The summed E-state index contributed by atoms with van der Waals surface area (Å²) < 4.78 is 11.0. The average Bonchev–Trinajstić information content (AvgIpc) is 2.96. The van der Waals surface area contributed by atoms with E-state index in [1.165, 1.54) is 5.56 Å². The van der Waals surface area contributed by atoms with Gasteiger partial charge in [0.2, 0.25) is 6.79 Å². The third kappa shape index (κ3) is 2.45. The van der Waals surface area contributed by atoms with Crippen LogP contribution in [0.4, 0.5) is 0 Å². The quantitative estimate of drug-likeness (QED) is 0.925. The van der Waals surface area contributed by atoms with Crippen LogP contribution in [0.2, 0.25) is 0 Å². The molecular formula is C18H19NO3. The van der Waals surface area contributed by atoms with Gasteiger partial charge in [-0.1, -0.05) is 36.4 Å². The van der Waals surface area contributed by atoms with E-state index < -0.39 is 0 Å². The number of hydrogen-bond donors (Lipinski definition) is 1. The number of para-hydroxylation sites is 1. The summed E-state index contributed by atoms with van der Waals surface area (Å²) in [7, 11) is 0. The molecule has 0 saturated carbocycles. The van der Waals surface area contributed by atoms with E-state index in [1.54, 1.807) is 0 Å². The van der Waals surface area contributed by atoms with E-state index in [9.17, 15) is 5.11 Å². The predicted octanol–water partition coefficient (Wildman–Crippen LogP) is 2.85. The van der Waals surface area contributed by atoms with Crippen LogP contribution in [-0.4, -0.2) is 23.3 Å². The van der Waals surface area contributed by atoms with Crippen LogP contribution in [0.25, 0.3) is 0 Å². The normalized spacial score (nSPS) is 20.5. The number of benzene rings is 2. The molecule has 0 saturated heterocycles. The third-order valence-corrected chi connectivity index (χ3v) is 4.40. The zero-order chi connectivity index (χ0) is 14.9. The Hall–Kier alpha value is -2.04. The molecule has 0 aromatic heterocycles. The van der Waals surface area contributed by atoms with Gasteiger partial charge in [-0.15, -0.1) is 0 Å². The minimum Gasteiger partial charge on any atom is -0.454 e. The number of fused-ring (bicyclic) bond motifs is 2. The van der Waals surface area contributed by atoms with Gasteiger partial charge in [-0.05, 0) is 23.6 Å². The van der Waals surface area contributed by atoms with Crippen LogP contribution in [0.5, 0.6) is 11.5 Å².